The summed E-state index contributed by atoms with van der Waals surface area (Å²) in [6, 6.07) is 9.20. The number of aryl methyl sites for hydroxylation is 1. The summed E-state index contributed by atoms with van der Waals surface area (Å²) in [6.07, 6.45) is 5.85. The fourth-order valence-corrected chi connectivity index (χ4v) is 5.54. The fourth-order valence-electron chi connectivity index (χ4n) is 4.89. The Morgan fingerprint density at radius 3 is 2.55 bits per heavy atom. The lowest BCUT2D eigenvalue weighted by Crippen LogP contribution is -2.47. The molecule has 1 N–H and O–H groups in total. The van der Waals surface area contributed by atoms with E-state index in [9.17, 15) is 22.0 Å². The number of sulfone groups is 1. The Hall–Kier alpha value is -4.36. The minimum Gasteiger partial charge on any atom is -0.454 e. The molecule has 0 saturated carbocycles. The van der Waals surface area contributed by atoms with Crippen LogP contribution < -0.4 is 10.3 Å². The maximum atomic E-state index is 14.5. The zero-order valence-electron chi connectivity index (χ0n) is 21.5. The van der Waals surface area contributed by atoms with E-state index in [1.165, 1.54) is 29.1 Å². The average molecular weight is 567 g/mol. The monoisotopic (exact) mass is 566 g/mol. The molecule has 4 heterocycles. The number of benzene rings is 2. The molecular weight excluding hydrogens is 542 g/mol. The highest BCUT2D eigenvalue weighted by atomic mass is 32.2. The molecule has 0 atom stereocenters. The van der Waals surface area contributed by atoms with E-state index in [0.717, 1.165) is 37.2 Å². The van der Waals surface area contributed by atoms with Gasteiger partial charge in [0.25, 0.3) is 5.56 Å². The minimum absolute atomic E-state index is 0.0203. The normalized spacial score (nSPS) is 14.5. The second-order valence-electron chi connectivity index (χ2n) is 9.87. The molecule has 13 heteroatoms. The van der Waals surface area contributed by atoms with Crippen LogP contribution in [0.1, 0.15) is 11.7 Å². The van der Waals surface area contributed by atoms with Crippen LogP contribution in [0.4, 0.5) is 8.78 Å². The highest BCUT2D eigenvalue weighted by molar-refractivity contribution is 7.90. The summed E-state index contributed by atoms with van der Waals surface area (Å²) < 4.78 is 61.8. The third kappa shape index (κ3) is 4.77. The van der Waals surface area contributed by atoms with E-state index in [-0.39, 0.29) is 28.0 Å². The number of pyridine rings is 1. The van der Waals surface area contributed by atoms with E-state index in [2.05, 4.69) is 20.0 Å². The topological polar surface area (TPSA) is 115 Å². The van der Waals surface area contributed by atoms with Crippen molar-refractivity contribution in [2.24, 2.45) is 7.05 Å². The highest BCUT2D eigenvalue weighted by Crippen LogP contribution is 2.39. The Morgan fingerprint density at radius 1 is 1.07 bits per heavy atom. The van der Waals surface area contributed by atoms with Gasteiger partial charge in [0.05, 0.1) is 10.9 Å². The van der Waals surface area contributed by atoms with Crippen LogP contribution in [-0.4, -0.2) is 57.0 Å². The first-order chi connectivity index (χ1) is 19.1. The predicted molar refractivity (Wildman–Crippen MR) is 143 cm³/mol. The van der Waals surface area contributed by atoms with Crippen molar-refractivity contribution in [3.05, 3.63) is 89.0 Å². The Kier molecular flexibility index (Phi) is 6.27. The number of fused-ring (bicyclic) bond motifs is 1. The van der Waals surface area contributed by atoms with E-state index < -0.39 is 21.5 Å². The van der Waals surface area contributed by atoms with Crippen molar-refractivity contribution in [1.29, 1.82) is 0 Å². The Morgan fingerprint density at radius 2 is 1.85 bits per heavy atom. The summed E-state index contributed by atoms with van der Waals surface area (Å²) >= 11 is 0. The van der Waals surface area contributed by atoms with Gasteiger partial charge in [-0.25, -0.2) is 26.9 Å². The van der Waals surface area contributed by atoms with Crippen molar-refractivity contribution in [2.75, 3.05) is 19.3 Å². The van der Waals surface area contributed by atoms with Crippen LogP contribution in [0, 0.1) is 11.6 Å². The molecule has 206 valence electrons. The molecule has 1 fully saturated rings. The molecule has 0 bridgehead atoms. The predicted octanol–water partition coefficient (Wildman–Crippen LogP) is 3.66. The van der Waals surface area contributed by atoms with Gasteiger partial charge in [0.15, 0.2) is 21.4 Å². The van der Waals surface area contributed by atoms with Gasteiger partial charge in [0.1, 0.15) is 29.7 Å². The van der Waals surface area contributed by atoms with Gasteiger partial charge >= 0.3 is 0 Å². The molecule has 0 radical (unpaired) electrons. The van der Waals surface area contributed by atoms with Crippen molar-refractivity contribution < 1.29 is 21.9 Å². The van der Waals surface area contributed by atoms with Crippen molar-refractivity contribution in [3.63, 3.8) is 0 Å². The van der Waals surface area contributed by atoms with Gasteiger partial charge in [-0.3, -0.25) is 9.69 Å². The lowest BCUT2D eigenvalue weighted by molar-refractivity contribution is 0.0896. The lowest BCUT2D eigenvalue weighted by atomic mass is 10.0. The van der Waals surface area contributed by atoms with Gasteiger partial charge in [-0.05, 0) is 36.4 Å². The maximum absolute atomic E-state index is 14.5. The molecule has 1 saturated heterocycles. The van der Waals surface area contributed by atoms with Gasteiger partial charge in [-0.15, -0.1) is 0 Å². The molecule has 6 rings (SSSR count). The van der Waals surface area contributed by atoms with Crippen molar-refractivity contribution in [3.8, 4) is 22.6 Å². The molecule has 2 aromatic carbocycles. The van der Waals surface area contributed by atoms with E-state index in [4.69, 9.17) is 4.74 Å². The molecule has 1 aliphatic rings. The first-order valence-corrected chi connectivity index (χ1v) is 14.2. The van der Waals surface area contributed by atoms with E-state index in [0.29, 0.717) is 34.6 Å². The highest BCUT2D eigenvalue weighted by Gasteiger charge is 2.29. The number of ether oxygens (including phenoxy) is 1. The van der Waals surface area contributed by atoms with Gasteiger partial charge in [0, 0.05) is 67.4 Å². The van der Waals surface area contributed by atoms with Crippen LogP contribution in [-0.2, 0) is 23.4 Å². The van der Waals surface area contributed by atoms with Crippen molar-refractivity contribution in [2.45, 2.75) is 17.5 Å². The molecule has 5 aromatic rings. The molecular formula is C27H24F2N6O4S. The third-order valence-electron chi connectivity index (χ3n) is 6.95. The third-order valence-corrected chi connectivity index (χ3v) is 8.06. The number of rotatable bonds is 7. The summed E-state index contributed by atoms with van der Waals surface area (Å²) in [5.41, 5.74) is 1.70. The van der Waals surface area contributed by atoms with Crippen molar-refractivity contribution in [1.82, 2.24) is 29.2 Å². The quantitative estimate of drug-likeness (QED) is 0.320. The van der Waals surface area contributed by atoms with Crippen LogP contribution in [0.3, 0.4) is 0 Å². The van der Waals surface area contributed by atoms with Crippen LogP contribution in [0.15, 0.2) is 71.0 Å². The van der Waals surface area contributed by atoms with Crippen LogP contribution in [0.2, 0.25) is 0 Å². The van der Waals surface area contributed by atoms with Crippen molar-refractivity contribution >= 4 is 20.7 Å². The van der Waals surface area contributed by atoms with E-state index in [1.54, 1.807) is 19.6 Å². The summed E-state index contributed by atoms with van der Waals surface area (Å²) in [7, 11) is -2.02. The zero-order chi connectivity index (χ0) is 28.2. The van der Waals surface area contributed by atoms with Crippen LogP contribution in [0.5, 0.6) is 11.5 Å². The summed E-state index contributed by atoms with van der Waals surface area (Å²) in [6.45, 7) is 2.08. The molecule has 0 unspecified atom stereocenters. The Labute approximate surface area is 227 Å². The zero-order valence-corrected chi connectivity index (χ0v) is 22.3. The SMILES string of the molecule is Cn1cc(-c2cc(S(C)(=O)=O)ccc2Oc2ccc(F)cc2F)c2cc(CN3CC(n4cncn4)C3)[nH]c2c1=O. The largest absolute Gasteiger partial charge is 0.454 e. The van der Waals surface area contributed by atoms with Gasteiger partial charge < -0.3 is 14.3 Å². The molecule has 0 amide bonds. The summed E-state index contributed by atoms with van der Waals surface area (Å²) in [5.74, 6) is -1.76. The van der Waals surface area contributed by atoms with Gasteiger partial charge in [-0.2, -0.15) is 5.10 Å². The van der Waals surface area contributed by atoms with E-state index in [1.807, 2.05) is 10.7 Å². The van der Waals surface area contributed by atoms with Crippen LogP contribution >= 0.6 is 0 Å². The Bertz CT molecular complexity index is 1910. The van der Waals surface area contributed by atoms with E-state index >= 15 is 0 Å². The Balaban J connectivity index is 1.42. The maximum Gasteiger partial charge on any atom is 0.274 e. The van der Waals surface area contributed by atoms with Crippen LogP contribution in [0.25, 0.3) is 22.0 Å². The minimum atomic E-state index is -3.61. The number of halogens is 2. The second-order valence-corrected chi connectivity index (χ2v) is 11.9. The number of likely N-dealkylation sites (tertiary alicyclic amines) is 1. The number of nitrogens with one attached hydrogen (secondary N) is 1. The number of nitrogens with zero attached hydrogens (tertiary/aromatic N) is 5. The molecule has 0 aliphatic carbocycles. The molecule has 10 nitrogen and oxygen atoms in total. The first kappa shape index (κ1) is 25.9. The van der Waals surface area contributed by atoms with Gasteiger partial charge in [-0.1, -0.05) is 0 Å². The first-order valence-electron chi connectivity index (χ1n) is 12.3. The fraction of sp³-hybridized carbons (Fsp3) is 0.222. The summed E-state index contributed by atoms with van der Waals surface area (Å²) in [5, 5.41) is 4.74. The van der Waals surface area contributed by atoms with Gasteiger partial charge in [0.2, 0.25) is 0 Å². The molecule has 3 aromatic heterocycles. The smallest absolute Gasteiger partial charge is 0.274 e. The summed E-state index contributed by atoms with van der Waals surface area (Å²) in [4.78, 5) is 22.5. The molecule has 1 aliphatic heterocycles. The lowest BCUT2D eigenvalue weighted by Gasteiger charge is -2.38. The molecule has 0 spiro atoms. The second kappa shape index (κ2) is 9.68. The number of hydrogen-bond donors (Lipinski definition) is 1. The number of H-pyrrole nitrogens is 1. The molecule has 40 heavy (non-hydrogen) atoms. The number of aromatic amines is 1. The standard InChI is InChI=1S/C27H24F2N6O4S/c1-33-13-22(20-9-19(40(2,37)38)4-6-24(20)39-25-5-3-16(28)7-23(25)29)21-8-17(32-26(21)27(33)36)10-34-11-18(12-34)35-15-30-14-31-35/h3-9,13-15,18,32H,10-12H2,1-2H3. The number of hydrogen-bond acceptors (Lipinski definition) is 7. The number of aromatic nitrogens is 5. The average Bonchev–Trinajstić information content (AvgIpc) is 3.55.